The van der Waals surface area contributed by atoms with Crippen molar-refractivity contribution in [3.05, 3.63) is 17.5 Å². The lowest BCUT2D eigenvalue weighted by atomic mass is 10.2. The largest absolute Gasteiger partial charge is 0.372 e. The average Bonchev–Trinajstić information content (AvgIpc) is 3.03. The second-order valence-corrected chi connectivity index (χ2v) is 6.13. The maximum Gasteiger partial charge on any atom is 0.246 e. The quantitative estimate of drug-likeness (QED) is 0.840. The molecule has 3 rings (SSSR count). The number of carbonyl (C=O) groups excluding carboxylic acids is 1. The molecule has 1 aromatic rings. The van der Waals surface area contributed by atoms with Crippen LogP contribution in [0.1, 0.15) is 68.8 Å². The number of ether oxygens (including phenoxy) is 1. The van der Waals surface area contributed by atoms with Gasteiger partial charge in [0.25, 0.3) is 0 Å². The predicted molar refractivity (Wildman–Crippen MR) is 80.0 cm³/mol. The zero-order valence-corrected chi connectivity index (χ0v) is 12.8. The Morgan fingerprint density at radius 1 is 1.38 bits per heavy atom. The number of hydrogen-bond donors (Lipinski definition) is 1. The van der Waals surface area contributed by atoms with Gasteiger partial charge in [0.15, 0.2) is 0 Å². The van der Waals surface area contributed by atoms with Gasteiger partial charge < -0.3 is 10.1 Å². The monoisotopic (exact) mass is 291 g/mol. The van der Waals surface area contributed by atoms with Gasteiger partial charge in [-0.1, -0.05) is 12.8 Å². The summed E-state index contributed by atoms with van der Waals surface area (Å²) >= 11 is 0. The van der Waals surface area contributed by atoms with Crippen LogP contribution in [0.4, 0.5) is 0 Å². The van der Waals surface area contributed by atoms with Crippen molar-refractivity contribution >= 4 is 5.91 Å². The van der Waals surface area contributed by atoms with Crippen LogP contribution in [0.5, 0.6) is 0 Å². The Labute approximate surface area is 126 Å². The summed E-state index contributed by atoms with van der Waals surface area (Å²) in [5.74, 6) is 0.631. The van der Waals surface area contributed by atoms with Gasteiger partial charge in [0, 0.05) is 18.2 Å². The number of rotatable bonds is 7. The zero-order chi connectivity index (χ0) is 14.7. The summed E-state index contributed by atoms with van der Waals surface area (Å²) in [6.45, 7) is 3.09. The van der Waals surface area contributed by atoms with Crippen molar-refractivity contribution in [2.24, 2.45) is 0 Å². The van der Waals surface area contributed by atoms with Crippen LogP contribution in [-0.4, -0.2) is 28.9 Å². The first-order valence-corrected chi connectivity index (χ1v) is 8.20. The van der Waals surface area contributed by atoms with Crippen LogP contribution >= 0.6 is 0 Å². The highest BCUT2D eigenvalue weighted by Gasteiger charge is 2.31. The van der Waals surface area contributed by atoms with Gasteiger partial charge in [-0.2, -0.15) is 5.10 Å². The molecule has 2 fully saturated rings. The molecule has 0 aromatic carbocycles. The van der Waals surface area contributed by atoms with Gasteiger partial charge >= 0.3 is 0 Å². The second-order valence-electron chi connectivity index (χ2n) is 6.13. The first-order chi connectivity index (χ1) is 10.3. The molecular weight excluding hydrogens is 266 g/mol. The van der Waals surface area contributed by atoms with E-state index in [4.69, 9.17) is 9.84 Å². The molecule has 0 atom stereocenters. The maximum absolute atomic E-state index is 11.6. The van der Waals surface area contributed by atoms with Crippen molar-refractivity contribution in [1.29, 1.82) is 0 Å². The van der Waals surface area contributed by atoms with Crippen molar-refractivity contribution in [1.82, 2.24) is 15.1 Å². The summed E-state index contributed by atoms with van der Waals surface area (Å²) in [6.07, 6.45) is 7.70. The number of nitrogens with one attached hydrogen (secondary N) is 1. The number of hydrogen-bond acceptors (Lipinski definition) is 3. The van der Waals surface area contributed by atoms with E-state index >= 15 is 0 Å². The first-order valence-electron chi connectivity index (χ1n) is 8.20. The highest BCUT2D eigenvalue weighted by atomic mass is 16.5. The van der Waals surface area contributed by atoms with Gasteiger partial charge in [-0.3, -0.25) is 9.48 Å². The Hall–Kier alpha value is -1.36. The van der Waals surface area contributed by atoms with E-state index in [1.165, 1.54) is 44.2 Å². The Morgan fingerprint density at radius 3 is 2.81 bits per heavy atom. The molecule has 5 nitrogen and oxygen atoms in total. The van der Waals surface area contributed by atoms with E-state index in [0.717, 1.165) is 5.69 Å². The number of carbonyl (C=O) groups is 1. The third-order valence-corrected chi connectivity index (χ3v) is 4.39. The molecule has 2 saturated carbocycles. The maximum atomic E-state index is 11.6. The SMILES string of the molecule is CCOCC(=O)NCc1cc(C2CC2)n(C2CCCC2)n1. The Balaban J connectivity index is 1.62. The van der Waals surface area contributed by atoms with Crippen LogP contribution in [-0.2, 0) is 16.1 Å². The van der Waals surface area contributed by atoms with Crippen molar-refractivity contribution in [3.8, 4) is 0 Å². The minimum Gasteiger partial charge on any atom is -0.372 e. The van der Waals surface area contributed by atoms with Crippen LogP contribution < -0.4 is 5.32 Å². The van der Waals surface area contributed by atoms with E-state index in [-0.39, 0.29) is 12.5 Å². The van der Waals surface area contributed by atoms with E-state index in [9.17, 15) is 4.79 Å². The number of aromatic nitrogens is 2. The third kappa shape index (κ3) is 3.64. The van der Waals surface area contributed by atoms with Crippen LogP contribution in [0.2, 0.25) is 0 Å². The molecule has 21 heavy (non-hydrogen) atoms. The van der Waals surface area contributed by atoms with Gasteiger partial charge in [-0.15, -0.1) is 0 Å². The average molecular weight is 291 g/mol. The first kappa shape index (κ1) is 14.6. The molecule has 0 spiro atoms. The van der Waals surface area contributed by atoms with Crippen molar-refractivity contribution in [2.75, 3.05) is 13.2 Å². The van der Waals surface area contributed by atoms with Gasteiger partial charge in [0.2, 0.25) is 5.91 Å². The minimum absolute atomic E-state index is 0.0692. The van der Waals surface area contributed by atoms with Crippen LogP contribution in [0.15, 0.2) is 6.07 Å². The predicted octanol–water partition coefficient (Wildman–Crippen LogP) is 2.53. The number of amides is 1. The Morgan fingerprint density at radius 2 is 2.14 bits per heavy atom. The van der Waals surface area contributed by atoms with Gasteiger partial charge in [0.05, 0.1) is 18.3 Å². The molecule has 1 aromatic heterocycles. The molecule has 2 aliphatic carbocycles. The standard InChI is InChI=1S/C16H25N3O2/c1-2-21-11-16(20)17-10-13-9-15(12-7-8-12)19(18-13)14-5-3-4-6-14/h9,12,14H,2-8,10-11H2,1H3,(H,17,20). The van der Waals surface area contributed by atoms with Gasteiger partial charge in [0.1, 0.15) is 6.61 Å². The molecule has 0 unspecified atom stereocenters. The number of nitrogens with zero attached hydrogens (tertiary/aromatic N) is 2. The summed E-state index contributed by atoms with van der Waals surface area (Å²) in [4.78, 5) is 11.6. The van der Waals surface area contributed by atoms with E-state index in [2.05, 4.69) is 16.1 Å². The Kier molecular flexibility index (Phi) is 4.58. The Bertz CT molecular complexity index is 488. The van der Waals surface area contributed by atoms with E-state index in [1.54, 1.807) is 0 Å². The summed E-state index contributed by atoms with van der Waals surface area (Å²) in [6, 6.07) is 2.77. The van der Waals surface area contributed by atoms with E-state index in [0.29, 0.717) is 25.1 Å². The topological polar surface area (TPSA) is 56.1 Å². The molecule has 2 aliphatic rings. The normalized spacial score (nSPS) is 19.1. The molecule has 1 N–H and O–H groups in total. The molecular formula is C16H25N3O2. The van der Waals surface area contributed by atoms with Crippen LogP contribution in [0, 0.1) is 0 Å². The third-order valence-electron chi connectivity index (χ3n) is 4.39. The highest BCUT2D eigenvalue weighted by Crippen LogP contribution is 2.43. The van der Waals surface area contributed by atoms with Gasteiger partial charge in [-0.05, 0) is 38.7 Å². The molecule has 0 radical (unpaired) electrons. The fourth-order valence-corrected chi connectivity index (χ4v) is 3.11. The van der Waals surface area contributed by atoms with Crippen molar-refractivity contribution < 1.29 is 9.53 Å². The molecule has 5 heteroatoms. The fourth-order valence-electron chi connectivity index (χ4n) is 3.11. The fraction of sp³-hybridized carbons (Fsp3) is 0.750. The summed E-state index contributed by atoms with van der Waals surface area (Å²) < 4.78 is 7.36. The summed E-state index contributed by atoms with van der Waals surface area (Å²) in [7, 11) is 0. The summed E-state index contributed by atoms with van der Waals surface area (Å²) in [5, 5.41) is 7.65. The summed E-state index contributed by atoms with van der Waals surface area (Å²) in [5.41, 5.74) is 2.37. The van der Waals surface area contributed by atoms with Crippen molar-refractivity contribution in [2.45, 2.75) is 64.0 Å². The smallest absolute Gasteiger partial charge is 0.246 e. The van der Waals surface area contributed by atoms with Crippen LogP contribution in [0.3, 0.4) is 0 Å². The minimum atomic E-state index is -0.0692. The lowest BCUT2D eigenvalue weighted by molar-refractivity contribution is -0.125. The molecule has 0 saturated heterocycles. The molecule has 0 aliphatic heterocycles. The molecule has 1 amide bonds. The van der Waals surface area contributed by atoms with Gasteiger partial charge in [-0.25, -0.2) is 0 Å². The van der Waals surface area contributed by atoms with E-state index < -0.39 is 0 Å². The second kappa shape index (κ2) is 6.60. The van der Waals surface area contributed by atoms with Crippen molar-refractivity contribution in [3.63, 3.8) is 0 Å². The lowest BCUT2D eigenvalue weighted by Gasteiger charge is -2.13. The van der Waals surface area contributed by atoms with Crippen LogP contribution in [0.25, 0.3) is 0 Å². The molecule has 1 heterocycles. The van der Waals surface area contributed by atoms with E-state index in [1.807, 2.05) is 6.92 Å². The zero-order valence-electron chi connectivity index (χ0n) is 12.8. The molecule has 0 bridgehead atoms. The highest BCUT2D eigenvalue weighted by molar-refractivity contribution is 5.77. The lowest BCUT2D eigenvalue weighted by Crippen LogP contribution is -2.27. The molecule has 116 valence electrons.